The van der Waals surface area contributed by atoms with Crippen molar-refractivity contribution in [1.82, 2.24) is 15.0 Å². The van der Waals surface area contributed by atoms with Gasteiger partial charge in [0.25, 0.3) is 15.9 Å². The molecule has 1 heterocycles. The van der Waals surface area contributed by atoms with E-state index >= 15 is 0 Å². The van der Waals surface area contributed by atoms with E-state index in [4.69, 9.17) is 4.74 Å². The Kier molecular flexibility index (Phi) is 10.2. The smallest absolute Gasteiger partial charge is 0.357 e. The van der Waals surface area contributed by atoms with Crippen molar-refractivity contribution >= 4 is 27.8 Å². The fourth-order valence-corrected chi connectivity index (χ4v) is 5.22. The Labute approximate surface area is 218 Å². The largest absolute Gasteiger partial charge is 0.458 e. The summed E-state index contributed by atoms with van der Waals surface area (Å²) in [6, 6.07) is 8.75. The summed E-state index contributed by atoms with van der Waals surface area (Å²) in [5.74, 6) is -0.782. The van der Waals surface area contributed by atoms with Crippen LogP contribution in [-0.2, 0) is 26.0 Å². The average Bonchev–Trinajstić information content (AvgIpc) is 2.88. The number of hydrogen-bond acceptors (Lipinski definition) is 7. The van der Waals surface area contributed by atoms with Crippen LogP contribution in [0.4, 0.5) is 0 Å². The second kappa shape index (κ2) is 13.3. The Balaban J connectivity index is 1.46. The van der Waals surface area contributed by atoms with Crippen molar-refractivity contribution in [3.8, 4) is 0 Å². The number of carbonyl (C=O) groups excluding carboxylic acids is 3. The number of nitrogens with zero attached hydrogens (tertiary/aromatic N) is 1. The number of benzene rings is 1. The van der Waals surface area contributed by atoms with E-state index in [0.717, 1.165) is 18.2 Å². The van der Waals surface area contributed by atoms with Gasteiger partial charge in [0.05, 0.1) is 16.6 Å². The summed E-state index contributed by atoms with van der Waals surface area (Å²) in [7, 11) is -4.11. The number of esters is 1. The molecule has 9 nitrogen and oxygen atoms in total. The highest BCUT2D eigenvalue weighted by Gasteiger charge is 2.20. The third kappa shape index (κ3) is 8.96. The van der Waals surface area contributed by atoms with Crippen LogP contribution in [0.1, 0.15) is 85.2 Å². The van der Waals surface area contributed by atoms with Gasteiger partial charge in [-0.3, -0.25) is 9.59 Å². The maximum atomic E-state index is 12.6. The molecule has 2 aromatic rings. The highest BCUT2D eigenvalue weighted by Crippen LogP contribution is 2.27. The van der Waals surface area contributed by atoms with Gasteiger partial charge >= 0.3 is 5.97 Å². The lowest BCUT2D eigenvalue weighted by molar-refractivity contribution is -0.121. The SMILES string of the molecule is CC(C)OC(=O)c1ccc(C(=O)NS(=O)(=O)c2ccc(CCNC(=O)CCC3CCCCC3)cc2)cn1. The van der Waals surface area contributed by atoms with Crippen molar-refractivity contribution < 1.29 is 27.5 Å². The lowest BCUT2D eigenvalue weighted by Crippen LogP contribution is -2.30. The molecule has 0 atom stereocenters. The van der Waals surface area contributed by atoms with Gasteiger partial charge < -0.3 is 10.1 Å². The van der Waals surface area contributed by atoms with E-state index in [2.05, 4.69) is 10.3 Å². The van der Waals surface area contributed by atoms with Crippen LogP contribution in [0.3, 0.4) is 0 Å². The average molecular weight is 530 g/mol. The number of sulfonamides is 1. The molecule has 3 rings (SSSR count). The zero-order chi connectivity index (χ0) is 26.8. The summed E-state index contributed by atoms with van der Waals surface area (Å²) in [6.45, 7) is 3.88. The maximum absolute atomic E-state index is 12.6. The quantitative estimate of drug-likeness (QED) is 0.423. The van der Waals surface area contributed by atoms with Gasteiger partial charge in [-0.15, -0.1) is 0 Å². The highest BCUT2D eigenvalue weighted by molar-refractivity contribution is 7.90. The van der Waals surface area contributed by atoms with Crippen molar-refractivity contribution in [1.29, 1.82) is 0 Å². The molecule has 1 fully saturated rings. The Bertz CT molecular complexity index is 1170. The van der Waals surface area contributed by atoms with Crippen LogP contribution < -0.4 is 10.0 Å². The third-order valence-corrected chi connectivity index (χ3v) is 7.63. The van der Waals surface area contributed by atoms with Crippen LogP contribution in [0, 0.1) is 5.92 Å². The normalized spacial score (nSPS) is 14.2. The molecule has 1 aliphatic carbocycles. The van der Waals surface area contributed by atoms with Crippen LogP contribution in [0.2, 0.25) is 0 Å². The number of pyridine rings is 1. The van der Waals surface area contributed by atoms with E-state index in [1.807, 2.05) is 4.72 Å². The predicted octanol–water partition coefficient (Wildman–Crippen LogP) is 3.78. The lowest BCUT2D eigenvalue weighted by Gasteiger charge is -2.20. The summed E-state index contributed by atoms with van der Waals surface area (Å²) in [5.41, 5.74) is 0.871. The second-order valence-corrected chi connectivity index (χ2v) is 11.3. The Morgan fingerprint density at radius 3 is 2.35 bits per heavy atom. The first kappa shape index (κ1) is 28.3. The monoisotopic (exact) mass is 529 g/mol. The van der Waals surface area contributed by atoms with E-state index in [1.165, 1.54) is 56.4 Å². The van der Waals surface area contributed by atoms with Gasteiger partial charge in [-0.05, 0) is 62.4 Å². The molecule has 0 spiro atoms. The van der Waals surface area contributed by atoms with Crippen LogP contribution in [0.15, 0.2) is 47.5 Å². The van der Waals surface area contributed by atoms with Gasteiger partial charge in [0.1, 0.15) is 5.69 Å². The zero-order valence-electron chi connectivity index (χ0n) is 21.4. The Hall–Kier alpha value is -3.27. The first-order valence-electron chi connectivity index (χ1n) is 12.7. The van der Waals surface area contributed by atoms with Gasteiger partial charge in [0.2, 0.25) is 5.91 Å². The van der Waals surface area contributed by atoms with Crippen LogP contribution >= 0.6 is 0 Å². The number of ether oxygens (including phenoxy) is 1. The lowest BCUT2D eigenvalue weighted by atomic mass is 9.86. The first-order chi connectivity index (χ1) is 17.6. The van der Waals surface area contributed by atoms with E-state index in [9.17, 15) is 22.8 Å². The third-order valence-electron chi connectivity index (χ3n) is 6.28. The summed E-state index contributed by atoms with van der Waals surface area (Å²) < 4.78 is 32.3. The molecule has 0 saturated heterocycles. The van der Waals surface area contributed by atoms with Crippen molar-refractivity contribution in [3.05, 3.63) is 59.4 Å². The Morgan fingerprint density at radius 1 is 1.03 bits per heavy atom. The second-order valence-electron chi connectivity index (χ2n) is 9.61. The summed E-state index contributed by atoms with van der Waals surface area (Å²) in [6.07, 6.45) is 9.14. The molecule has 2 N–H and O–H groups in total. The molecule has 0 unspecified atom stereocenters. The van der Waals surface area contributed by atoms with E-state index < -0.39 is 21.9 Å². The number of rotatable bonds is 11. The molecular formula is C27H35N3O6S. The Morgan fingerprint density at radius 2 is 1.73 bits per heavy atom. The predicted molar refractivity (Wildman–Crippen MR) is 138 cm³/mol. The minimum absolute atomic E-state index is 0.0134. The fraction of sp³-hybridized carbons (Fsp3) is 0.481. The van der Waals surface area contributed by atoms with Crippen LogP contribution in [0.5, 0.6) is 0 Å². The van der Waals surface area contributed by atoms with Crippen molar-refractivity contribution in [2.75, 3.05) is 6.54 Å². The molecule has 1 aromatic heterocycles. The van der Waals surface area contributed by atoms with Crippen LogP contribution in [-0.4, -0.2) is 43.8 Å². The summed E-state index contributed by atoms with van der Waals surface area (Å²) in [4.78, 5) is 40.2. The number of hydrogen-bond donors (Lipinski definition) is 2. The molecule has 2 amide bonds. The van der Waals surface area contributed by atoms with Gasteiger partial charge in [-0.25, -0.2) is 22.9 Å². The number of carbonyl (C=O) groups is 3. The molecule has 1 aliphatic rings. The minimum Gasteiger partial charge on any atom is -0.458 e. The fourth-order valence-electron chi connectivity index (χ4n) is 4.24. The van der Waals surface area contributed by atoms with Gasteiger partial charge in [0.15, 0.2) is 0 Å². The molecule has 10 heteroatoms. The summed E-state index contributed by atoms with van der Waals surface area (Å²) in [5, 5.41) is 2.93. The number of nitrogens with one attached hydrogen (secondary N) is 2. The van der Waals surface area contributed by atoms with Gasteiger partial charge in [-0.1, -0.05) is 44.2 Å². The number of aromatic nitrogens is 1. The van der Waals surface area contributed by atoms with E-state index in [0.29, 0.717) is 25.3 Å². The standard InChI is InChI=1S/C27H35N3O6S/c1-19(2)36-27(33)24-14-11-22(18-29-24)26(32)30-37(34,35)23-12-8-21(9-13-23)16-17-28-25(31)15-10-20-6-4-3-5-7-20/h8-9,11-14,18-20H,3-7,10,15-17H2,1-2H3,(H,28,31)(H,30,32). The minimum atomic E-state index is -4.11. The topological polar surface area (TPSA) is 132 Å². The van der Waals surface area contributed by atoms with Gasteiger partial charge in [-0.2, -0.15) is 0 Å². The molecule has 0 bridgehead atoms. The molecular weight excluding hydrogens is 494 g/mol. The molecule has 1 aromatic carbocycles. The van der Waals surface area contributed by atoms with Crippen molar-refractivity contribution in [2.45, 2.75) is 76.2 Å². The van der Waals surface area contributed by atoms with E-state index in [1.54, 1.807) is 26.0 Å². The van der Waals surface area contributed by atoms with E-state index in [-0.39, 0.29) is 28.2 Å². The summed E-state index contributed by atoms with van der Waals surface area (Å²) >= 11 is 0. The molecule has 1 saturated carbocycles. The maximum Gasteiger partial charge on any atom is 0.357 e. The number of amides is 2. The molecule has 0 aliphatic heterocycles. The molecule has 37 heavy (non-hydrogen) atoms. The highest BCUT2D eigenvalue weighted by atomic mass is 32.2. The van der Waals surface area contributed by atoms with Crippen LogP contribution in [0.25, 0.3) is 0 Å². The zero-order valence-corrected chi connectivity index (χ0v) is 22.2. The first-order valence-corrected chi connectivity index (χ1v) is 14.2. The van der Waals surface area contributed by atoms with Crippen molar-refractivity contribution in [2.24, 2.45) is 5.92 Å². The molecule has 0 radical (unpaired) electrons. The molecule has 200 valence electrons. The van der Waals surface area contributed by atoms with Gasteiger partial charge in [0, 0.05) is 19.2 Å². The van der Waals surface area contributed by atoms with Crippen molar-refractivity contribution in [3.63, 3.8) is 0 Å².